The van der Waals surface area contributed by atoms with Gasteiger partial charge in [-0.15, -0.1) is 0 Å². The molecule has 0 bridgehead atoms. The Morgan fingerprint density at radius 1 is 1.42 bits per heavy atom. The molecule has 0 radical (unpaired) electrons. The van der Waals surface area contributed by atoms with Crippen LogP contribution in [0.2, 0.25) is 0 Å². The zero-order valence-corrected chi connectivity index (χ0v) is 9.02. The van der Waals surface area contributed by atoms with Crippen molar-refractivity contribution in [1.29, 1.82) is 0 Å². The molecule has 0 saturated carbocycles. The van der Waals surface area contributed by atoms with Gasteiger partial charge < -0.3 is 10.2 Å². The SMILES string of the molecule is CC(C)C1CNC(C)(C)CN1C. The van der Waals surface area contributed by atoms with Crippen LogP contribution in [0.4, 0.5) is 0 Å². The molecule has 0 aliphatic carbocycles. The third-order valence-corrected chi connectivity index (χ3v) is 2.77. The molecule has 1 rings (SSSR count). The van der Waals surface area contributed by atoms with Crippen LogP contribution in [-0.2, 0) is 0 Å². The molecule has 1 heterocycles. The van der Waals surface area contributed by atoms with Crippen molar-refractivity contribution in [2.75, 3.05) is 20.1 Å². The number of piperazine rings is 1. The summed E-state index contributed by atoms with van der Waals surface area (Å²) < 4.78 is 0. The Balaban J connectivity index is 2.54. The first-order valence-corrected chi connectivity index (χ1v) is 4.88. The Morgan fingerprint density at radius 2 is 2.00 bits per heavy atom. The molecule has 2 heteroatoms. The van der Waals surface area contributed by atoms with Crippen molar-refractivity contribution in [2.45, 2.75) is 39.3 Å². The quantitative estimate of drug-likeness (QED) is 0.638. The summed E-state index contributed by atoms with van der Waals surface area (Å²) in [6.07, 6.45) is 0. The lowest BCUT2D eigenvalue weighted by molar-refractivity contribution is 0.0946. The lowest BCUT2D eigenvalue weighted by Gasteiger charge is -2.44. The lowest BCUT2D eigenvalue weighted by Crippen LogP contribution is -2.61. The van der Waals surface area contributed by atoms with E-state index < -0.39 is 0 Å². The van der Waals surface area contributed by atoms with E-state index in [2.05, 4.69) is 45.0 Å². The van der Waals surface area contributed by atoms with Gasteiger partial charge in [-0.2, -0.15) is 0 Å². The molecular formula is C10H22N2. The van der Waals surface area contributed by atoms with Crippen molar-refractivity contribution in [3.63, 3.8) is 0 Å². The molecule has 1 saturated heterocycles. The second kappa shape index (κ2) is 3.35. The molecular weight excluding hydrogens is 148 g/mol. The monoisotopic (exact) mass is 170 g/mol. The van der Waals surface area contributed by atoms with Gasteiger partial charge >= 0.3 is 0 Å². The van der Waals surface area contributed by atoms with Crippen LogP contribution in [0, 0.1) is 5.92 Å². The fraction of sp³-hybridized carbons (Fsp3) is 1.00. The van der Waals surface area contributed by atoms with E-state index in [0.29, 0.717) is 11.6 Å². The van der Waals surface area contributed by atoms with Crippen LogP contribution in [0.25, 0.3) is 0 Å². The molecule has 0 aromatic heterocycles. The van der Waals surface area contributed by atoms with Crippen LogP contribution in [0.15, 0.2) is 0 Å². The van der Waals surface area contributed by atoms with E-state index in [9.17, 15) is 0 Å². The van der Waals surface area contributed by atoms with Gasteiger partial charge in [0.05, 0.1) is 0 Å². The fourth-order valence-electron chi connectivity index (χ4n) is 2.08. The van der Waals surface area contributed by atoms with E-state index >= 15 is 0 Å². The van der Waals surface area contributed by atoms with Gasteiger partial charge in [-0.05, 0) is 26.8 Å². The van der Waals surface area contributed by atoms with Crippen molar-refractivity contribution in [3.8, 4) is 0 Å². The predicted octanol–water partition coefficient (Wildman–Crippen LogP) is 1.32. The van der Waals surface area contributed by atoms with E-state index in [-0.39, 0.29) is 0 Å². The van der Waals surface area contributed by atoms with Crippen LogP contribution in [0.1, 0.15) is 27.7 Å². The highest BCUT2D eigenvalue weighted by atomic mass is 15.2. The Labute approximate surface area is 76.3 Å². The van der Waals surface area contributed by atoms with Crippen LogP contribution in [0.5, 0.6) is 0 Å². The molecule has 72 valence electrons. The molecule has 1 fully saturated rings. The Bertz CT molecular complexity index is 152. The predicted molar refractivity (Wildman–Crippen MR) is 53.3 cm³/mol. The minimum Gasteiger partial charge on any atom is -0.309 e. The fourth-order valence-corrected chi connectivity index (χ4v) is 2.08. The van der Waals surface area contributed by atoms with Gasteiger partial charge in [0.15, 0.2) is 0 Å². The highest BCUT2D eigenvalue weighted by Gasteiger charge is 2.31. The molecule has 1 unspecified atom stereocenters. The van der Waals surface area contributed by atoms with Crippen molar-refractivity contribution in [2.24, 2.45) is 5.92 Å². The minimum absolute atomic E-state index is 0.292. The standard InChI is InChI=1S/C10H22N2/c1-8(2)9-6-11-10(3,4)7-12(9)5/h8-9,11H,6-7H2,1-5H3. The van der Waals surface area contributed by atoms with Gasteiger partial charge in [0.1, 0.15) is 0 Å². The van der Waals surface area contributed by atoms with Gasteiger partial charge in [0.2, 0.25) is 0 Å². The first-order chi connectivity index (χ1) is 5.42. The summed E-state index contributed by atoms with van der Waals surface area (Å²) in [4.78, 5) is 2.47. The number of rotatable bonds is 1. The highest BCUT2D eigenvalue weighted by Crippen LogP contribution is 2.17. The Morgan fingerprint density at radius 3 is 2.42 bits per heavy atom. The molecule has 0 aromatic carbocycles. The molecule has 0 amide bonds. The summed E-state index contributed by atoms with van der Waals surface area (Å²) in [5, 5.41) is 3.58. The summed E-state index contributed by atoms with van der Waals surface area (Å²) in [5.41, 5.74) is 0.292. The van der Waals surface area contributed by atoms with Crippen LogP contribution in [-0.4, -0.2) is 36.6 Å². The largest absolute Gasteiger partial charge is 0.309 e. The Kier molecular flexibility index (Phi) is 2.79. The third-order valence-electron chi connectivity index (χ3n) is 2.77. The van der Waals surface area contributed by atoms with Crippen molar-refractivity contribution in [1.82, 2.24) is 10.2 Å². The molecule has 0 spiro atoms. The van der Waals surface area contributed by atoms with E-state index in [4.69, 9.17) is 0 Å². The lowest BCUT2D eigenvalue weighted by atomic mass is 9.94. The molecule has 0 aromatic rings. The topological polar surface area (TPSA) is 15.3 Å². The van der Waals surface area contributed by atoms with Gasteiger partial charge in [0, 0.05) is 24.7 Å². The molecule has 1 atom stereocenters. The van der Waals surface area contributed by atoms with Gasteiger partial charge in [0.25, 0.3) is 0 Å². The normalized spacial score (nSPS) is 31.0. The molecule has 1 aliphatic rings. The smallest absolute Gasteiger partial charge is 0.0252 e. The van der Waals surface area contributed by atoms with Crippen LogP contribution < -0.4 is 5.32 Å². The first-order valence-electron chi connectivity index (χ1n) is 4.88. The second-order valence-electron chi connectivity index (χ2n) is 4.99. The van der Waals surface area contributed by atoms with E-state index in [1.807, 2.05) is 0 Å². The number of nitrogens with one attached hydrogen (secondary N) is 1. The summed E-state index contributed by atoms with van der Waals surface area (Å²) >= 11 is 0. The maximum atomic E-state index is 3.58. The van der Waals surface area contributed by atoms with Gasteiger partial charge in [-0.1, -0.05) is 13.8 Å². The Hall–Kier alpha value is -0.0800. The van der Waals surface area contributed by atoms with Crippen LogP contribution in [0.3, 0.4) is 0 Å². The number of hydrogen-bond donors (Lipinski definition) is 1. The number of hydrogen-bond acceptors (Lipinski definition) is 2. The zero-order valence-electron chi connectivity index (χ0n) is 9.02. The maximum Gasteiger partial charge on any atom is 0.0252 e. The number of nitrogens with zero attached hydrogens (tertiary/aromatic N) is 1. The molecule has 12 heavy (non-hydrogen) atoms. The maximum absolute atomic E-state index is 3.58. The minimum atomic E-state index is 0.292. The summed E-state index contributed by atoms with van der Waals surface area (Å²) in [6, 6.07) is 0.707. The molecule has 1 N–H and O–H groups in total. The van der Waals surface area contributed by atoms with Crippen molar-refractivity contribution < 1.29 is 0 Å². The summed E-state index contributed by atoms with van der Waals surface area (Å²) in [7, 11) is 2.23. The average Bonchev–Trinajstić information content (AvgIpc) is 1.83. The number of likely N-dealkylation sites (N-methyl/N-ethyl adjacent to an activating group) is 1. The second-order valence-corrected chi connectivity index (χ2v) is 4.99. The van der Waals surface area contributed by atoms with E-state index in [1.165, 1.54) is 0 Å². The first kappa shape index (κ1) is 10.0. The van der Waals surface area contributed by atoms with Crippen molar-refractivity contribution >= 4 is 0 Å². The van der Waals surface area contributed by atoms with Crippen LogP contribution >= 0.6 is 0 Å². The summed E-state index contributed by atoms with van der Waals surface area (Å²) in [6.45, 7) is 11.4. The van der Waals surface area contributed by atoms with E-state index in [0.717, 1.165) is 19.0 Å². The summed E-state index contributed by atoms with van der Waals surface area (Å²) in [5.74, 6) is 0.749. The molecule has 1 aliphatic heterocycles. The molecule has 2 nitrogen and oxygen atoms in total. The zero-order chi connectivity index (χ0) is 9.35. The third kappa shape index (κ3) is 2.20. The highest BCUT2D eigenvalue weighted by molar-refractivity contribution is 4.91. The van der Waals surface area contributed by atoms with Gasteiger partial charge in [-0.25, -0.2) is 0 Å². The van der Waals surface area contributed by atoms with Crippen molar-refractivity contribution in [3.05, 3.63) is 0 Å². The van der Waals surface area contributed by atoms with Gasteiger partial charge in [-0.3, -0.25) is 0 Å². The van der Waals surface area contributed by atoms with E-state index in [1.54, 1.807) is 0 Å². The average molecular weight is 170 g/mol.